The lowest BCUT2D eigenvalue weighted by molar-refractivity contribution is 0.148. The van der Waals surface area contributed by atoms with Gasteiger partial charge in [0.25, 0.3) is 0 Å². The summed E-state index contributed by atoms with van der Waals surface area (Å²) < 4.78 is 5.67. The Labute approximate surface area is 186 Å². The van der Waals surface area contributed by atoms with E-state index in [9.17, 15) is 0 Å². The summed E-state index contributed by atoms with van der Waals surface area (Å²) in [5.41, 5.74) is 2.84. The molecule has 0 aromatic heterocycles. The van der Waals surface area contributed by atoms with Crippen molar-refractivity contribution in [3.8, 4) is 0 Å². The van der Waals surface area contributed by atoms with Gasteiger partial charge in [0.2, 0.25) is 0 Å². The lowest BCUT2D eigenvalue weighted by atomic mass is 9.74. The molecular weight excluding hydrogens is 364 g/mol. The Kier molecular flexibility index (Phi) is 10.2. The zero-order valence-electron chi connectivity index (χ0n) is 19.5. The van der Waals surface area contributed by atoms with Crippen LogP contribution in [0.5, 0.6) is 0 Å². The molecule has 0 N–H and O–H groups in total. The van der Waals surface area contributed by atoms with Crippen molar-refractivity contribution in [2.45, 2.75) is 97.0 Å². The quantitative estimate of drug-likeness (QED) is 0.278. The molecule has 1 aromatic carbocycles. The van der Waals surface area contributed by atoms with Crippen LogP contribution in [0, 0.1) is 17.8 Å². The highest BCUT2D eigenvalue weighted by Crippen LogP contribution is 2.40. The SMILES string of the molecule is CC=CCOCc1ccc(C2CCC(CC[C@H]3CC[C@H](C/C=C/C)CC3)CC2)cc1. The Morgan fingerprint density at radius 2 is 1.30 bits per heavy atom. The predicted octanol–water partition coefficient (Wildman–Crippen LogP) is 8.61. The number of allylic oxidation sites excluding steroid dienone is 3. The fourth-order valence-electron chi connectivity index (χ4n) is 5.57. The van der Waals surface area contributed by atoms with Gasteiger partial charge in [0.15, 0.2) is 0 Å². The summed E-state index contributed by atoms with van der Waals surface area (Å²) in [4.78, 5) is 0. The fraction of sp³-hybridized carbons (Fsp3) is 0.655. The third-order valence-corrected chi connectivity index (χ3v) is 7.67. The highest BCUT2D eigenvalue weighted by Gasteiger charge is 2.25. The molecule has 0 heterocycles. The fourth-order valence-corrected chi connectivity index (χ4v) is 5.57. The first kappa shape index (κ1) is 23.3. The maximum Gasteiger partial charge on any atom is 0.0721 e. The molecule has 0 aliphatic heterocycles. The highest BCUT2D eigenvalue weighted by atomic mass is 16.5. The molecule has 0 amide bonds. The minimum Gasteiger partial charge on any atom is -0.373 e. The predicted molar refractivity (Wildman–Crippen MR) is 130 cm³/mol. The van der Waals surface area contributed by atoms with Crippen molar-refractivity contribution in [3.63, 3.8) is 0 Å². The van der Waals surface area contributed by atoms with E-state index < -0.39 is 0 Å². The van der Waals surface area contributed by atoms with Gasteiger partial charge in [-0.3, -0.25) is 0 Å². The molecule has 1 aromatic rings. The topological polar surface area (TPSA) is 9.23 Å². The summed E-state index contributed by atoms with van der Waals surface area (Å²) in [6.45, 7) is 5.61. The monoisotopic (exact) mass is 408 g/mol. The minimum atomic E-state index is 0.708. The molecule has 1 heteroatoms. The smallest absolute Gasteiger partial charge is 0.0721 e. The average molecular weight is 409 g/mol. The number of hydrogen-bond acceptors (Lipinski definition) is 1. The third-order valence-electron chi connectivity index (χ3n) is 7.67. The van der Waals surface area contributed by atoms with Crippen molar-refractivity contribution in [3.05, 3.63) is 59.7 Å². The van der Waals surface area contributed by atoms with E-state index in [-0.39, 0.29) is 0 Å². The van der Waals surface area contributed by atoms with Crippen LogP contribution in [0.1, 0.15) is 102 Å². The van der Waals surface area contributed by atoms with E-state index in [1.807, 2.05) is 13.0 Å². The molecule has 0 bridgehead atoms. The molecule has 0 spiro atoms. The normalized spacial score (nSPS) is 27.8. The molecule has 0 saturated heterocycles. The summed E-state index contributed by atoms with van der Waals surface area (Å²) in [5, 5.41) is 0. The van der Waals surface area contributed by atoms with Crippen LogP contribution in [0.25, 0.3) is 0 Å². The first-order valence-corrected chi connectivity index (χ1v) is 12.7. The number of hydrogen-bond donors (Lipinski definition) is 0. The Bertz CT molecular complexity index is 625. The summed E-state index contributed by atoms with van der Waals surface area (Å²) >= 11 is 0. The van der Waals surface area contributed by atoms with Crippen molar-refractivity contribution in [2.75, 3.05) is 6.61 Å². The van der Waals surface area contributed by atoms with E-state index in [1.165, 1.54) is 76.2 Å². The van der Waals surface area contributed by atoms with Gasteiger partial charge in [-0.25, -0.2) is 0 Å². The molecule has 2 fully saturated rings. The van der Waals surface area contributed by atoms with Crippen LogP contribution in [0.4, 0.5) is 0 Å². The van der Waals surface area contributed by atoms with Gasteiger partial charge in [-0.2, -0.15) is 0 Å². The van der Waals surface area contributed by atoms with E-state index in [4.69, 9.17) is 4.74 Å². The van der Waals surface area contributed by atoms with Crippen LogP contribution in [0.3, 0.4) is 0 Å². The number of rotatable bonds is 10. The minimum absolute atomic E-state index is 0.708. The summed E-state index contributed by atoms with van der Waals surface area (Å²) in [5.74, 6) is 3.76. The Morgan fingerprint density at radius 3 is 1.90 bits per heavy atom. The molecule has 0 radical (unpaired) electrons. The van der Waals surface area contributed by atoms with Crippen molar-refractivity contribution in [1.82, 2.24) is 0 Å². The van der Waals surface area contributed by atoms with Gasteiger partial charge < -0.3 is 4.74 Å². The Morgan fingerprint density at radius 1 is 0.733 bits per heavy atom. The van der Waals surface area contributed by atoms with Crippen LogP contribution < -0.4 is 0 Å². The summed E-state index contributed by atoms with van der Waals surface area (Å²) in [7, 11) is 0. The van der Waals surface area contributed by atoms with E-state index in [0.717, 1.165) is 23.7 Å². The molecule has 3 rings (SSSR count). The molecule has 0 atom stereocenters. The van der Waals surface area contributed by atoms with Crippen molar-refractivity contribution in [2.24, 2.45) is 17.8 Å². The molecule has 30 heavy (non-hydrogen) atoms. The molecule has 1 nitrogen and oxygen atoms in total. The Hall–Kier alpha value is -1.34. The second kappa shape index (κ2) is 13.2. The second-order valence-corrected chi connectivity index (χ2v) is 9.81. The first-order valence-electron chi connectivity index (χ1n) is 12.7. The maximum atomic E-state index is 5.67. The van der Waals surface area contributed by atoms with Crippen LogP contribution >= 0.6 is 0 Å². The second-order valence-electron chi connectivity index (χ2n) is 9.81. The van der Waals surface area contributed by atoms with Crippen molar-refractivity contribution >= 4 is 0 Å². The van der Waals surface area contributed by atoms with Crippen molar-refractivity contribution in [1.29, 1.82) is 0 Å². The zero-order valence-corrected chi connectivity index (χ0v) is 19.5. The average Bonchev–Trinajstić information content (AvgIpc) is 2.81. The number of benzene rings is 1. The van der Waals surface area contributed by atoms with Gasteiger partial charge in [0.05, 0.1) is 13.2 Å². The van der Waals surface area contributed by atoms with Crippen LogP contribution in [0.15, 0.2) is 48.6 Å². The molecule has 0 unspecified atom stereocenters. The van der Waals surface area contributed by atoms with E-state index in [0.29, 0.717) is 13.2 Å². The van der Waals surface area contributed by atoms with Crippen LogP contribution in [0.2, 0.25) is 0 Å². The lowest BCUT2D eigenvalue weighted by Crippen LogP contribution is -2.17. The maximum absolute atomic E-state index is 5.67. The molecule has 2 saturated carbocycles. The van der Waals surface area contributed by atoms with Crippen LogP contribution in [-0.4, -0.2) is 6.61 Å². The Balaban J connectivity index is 1.32. The van der Waals surface area contributed by atoms with Gasteiger partial charge in [-0.15, -0.1) is 0 Å². The van der Waals surface area contributed by atoms with Gasteiger partial charge in [0, 0.05) is 0 Å². The molecule has 2 aliphatic rings. The highest BCUT2D eigenvalue weighted by molar-refractivity contribution is 5.25. The van der Waals surface area contributed by atoms with Gasteiger partial charge >= 0.3 is 0 Å². The first-order chi connectivity index (χ1) is 14.8. The zero-order chi connectivity index (χ0) is 21.0. The molecule has 166 valence electrons. The molecule has 2 aliphatic carbocycles. The third kappa shape index (κ3) is 7.73. The molecular formula is C29H44O. The van der Waals surface area contributed by atoms with E-state index >= 15 is 0 Å². The summed E-state index contributed by atoms with van der Waals surface area (Å²) in [6.07, 6.45) is 24.6. The summed E-state index contributed by atoms with van der Waals surface area (Å²) in [6, 6.07) is 9.24. The lowest BCUT2D eigenvalue weighted by Gasteiger charge is -2.32. The standard InChI is InChI=1S/C29H44O/c1-3-5-7-24-8-10-25(11-9-24)12-13-26-14-18-28(19-15-26)29-20-16-27(17-21-29)23-30-22-6-4-2/h3-6,16-17,20-21,24-26,28H,7-15,18-19,22-23H2,1-2H3/b5-3+,6-4?/t24-,25-,26?,28?. The van der Waals surface area contributed by atoms with Gasteiger partial charge in [0.1, 0.15) is 0 Å². The number of ether oxygens (including phenoxy) is 1. The van der Waals surface area contributed by atoms with E-state index in [2.05, 4.69) is 49.4 Å². The van der Waals surface area contributed by atoms with Gasteiger partial charge in [-0.05, 0) is 93.6 Å². The van der Waals surface area contributed by atoms with E-state index in [1.54, 1.807) is 5.56 Å². The van der Waals surface area contributed by atoms with Crippen molar-refractivity contribution < 1.29 is 4.74 Å². The van der Waals surface area contributed by atoms with Crippen LogP contribution in [-0.2, 0) is 11.3 Å². The van der Waals surface area contributed by atoms with Gasteiger partial charge in [-0.1, -0.05) is 74.3 Å². The largest absolute Gasteiger partial charge is 0.373 e.